The summed E-state index contributed by atoms with van der Waals surface area (Å²) in [7, 11) is 0. The molecule has 0 fully saturated rings. The van der Waals surface area contributed by atoms with E-state index in [-0.39, 0.29) is 36.9 Å². The Bertz CT molecular complexity index is 2280. The van der Waals surface area contributed by atoms with E-state index in [1.807, 2.05) is 35.7 Å². The van der Waals surface area contributed by atoms with Gasteiger partial charge in [-0.15, -0.1) is 77.1 Å². The Morgan fingerprint density at radius 3 is 2.36 bits per heavy atom. The molecule has 3 aromatic heterocycles. The molecule has 2 nitrogen and oxygen atoms in total. The van der Waals surface area contributed by atoms with E-state index >= 15 is 0 Å². The van der Waals surface area contributed by atoms with Crippen LogP contribution in [0.4, 0.5) is 4.39 Å². The van der Waals surface area contributed by atoms with E-state index in [0.717, 1.165) is 29.9 Å². The minimum absolute atomic E-state index is 0. The molecule has 0 amide bonds. The minimum atomic E-state index is -2.58. The summed E-state index contributed by atoms with van der Waals surface area (Å²) in [5.74, 6) is -0.478. The van der Waals surface area contributed by atoms with Gasteiger partial charge in [-0.2, -0.15) is 0 Å². The van der Waals surface area contributed by atoms with Crippen LogP contribution in [-0.2, 0) is 26.5 Å². The van der Waals surface area contributed by atoms with Crippen molar-refractivity contribution in [2.75, 3.05) is 0 Å². The van der Waals surface area contributed by atoms with E-state index in [0.29, 0.717) is 11.0 Å². The average molecular weight is 779 g/mol. The molecular formula is C39H33FIrN2S-2. The summed E-state index contributed by atoms with van der Waals surface area (Å²) in [6.07, 6.45) is 4.04. The van der Waals surface area contributed by atoms with E-state index in [9.17, 15) is 4.39 Å². The van der Waals surface area contributed by atoms with Crippen molar-refractivity contribution in [2.45, 2.75) is 40.9 Å². The molecule has 0 unspecified atom stereocenters. The molecule has 0 aliphatic heterocycles. The van der Waals surface area contributed by atoms with Crippen LogP contribution in [0, 0.1) is 37.1 Å². The van der Waals surface area contributed by atoms with Crippen molar-refractivity contribution in [3.05, 3.63) is 132 Å². The number of nitrogens with zero attached hydrogens (tertiary/aromatic N) is 2. The SMILES string of the molecule is CC(C)(C)Cc1ccc2c(ccc3c4ccnc(-c5[c-]cccc5)c4sc23)c1.[2H]C([2H])([2H])c1cnc(-c2[c-]cc(F)cc2)cc1C([2H])([2H])[2H].[Ir]. The number of hydrogen-bond acceptors (Lipinski definition) is 3. The molecule has 0 spiro atoms. The summed E-state index contributed by atoms with van der Waals surface area (Å²) in [6, 6.07) is 32.6. The van der Waals surface area contributed by atoms with Crippen LogP contribution in [0.15, 0.2) is 97.3 Å². The maximum Gasteiger partial charge on any atom is 0.0425 e. The fraction of sp³-hybridized carbons (Fsp3) is 0.179. The van der Waals surface area contributed by atoms with Crippen molar-refractivity contribution in [1.29, 1.82) is 0 Å². The van der Waals surface area contributed by atoms with Crippen LogP contribution < -0.4 is 0 Å². The predicted molar refractivity (Wildman–Crippen MR) is 180 cm³/mol. The van der Waals surface area contributed by atoms with Crippen LogP contribution in [0.2, 0.25) is 0 Å². The minimum Gasteiger partial charge on any atom is -0.304 e. The maximum absolute atomic E-state index is 12.9. The van der Waals surface area contributed by atoms with Gasteiger partial charge in [0.25, 0.3) is 0 Å². The topological polar surface area (TPSA) is 25.8 Å². The van der Waals surface area contributed by atoms with Crippen LogP contribution in [-0.4, -0.2) is 9.97 Å². The Balaban J connectivity index is 0.000000199. The van der Waals surface area contributed by atoms with E-state index < -0.39 is 19.5 Å². The zero-order chi connectivity index (χ0) is 35.1. The average Bonchev–Trinajstić information content (AvgIpc) is 3.43. The largest absolute Gasteiger partial charge is 0.304 e. The van der Waals surface area contributed by atoms with Gasteiger partial charge in [-0.3, -0.25) is 4.39 Å². The first-order valence-corrected chi connectivity index (χ1v) is 14.8. The third-order valence-electron chi connectivity index (χ3n) is 7.09. The predicted octanol–water partition coefficient (Wildman–Crippen LogP) is 11.0. The third kappa shape index (κ3) is 6.81. The molecule has 7 rings (SSSR count). The molecule has 5 heteroatoms. The van der Waals surface area contributed by atoms with Crippen LogP contribution in [0.5, 0.6) is 0 Å². The molecule has 0 saturated carbocycles. The Morgan fingerprint density at radius 1 is 0.818 bits per heavy atom. The Labute approximate surface area is 284 Å². The molecule has 44 heavy (non-hydrogen) atoms. The summed E-state index contributed by atoms with van der Waals surface area (Å²) >= 11 is 1.85. The van der Waals surface area contributed by atoms with Crippen LogP contribution in [0.1, 0.15) is 45.7 Å². The van der Waals surface area contributed by atoms with Crippen molar-refractivity contribution >= 4 is 42.3 Å². The number of fused-ring (bicyclic) bond motifs is 5. The summed E-state index contributed by atoms with van der Waals surface area (Å²) in [6.45, 7) is 1.73. The summed E-state index contributed by atoms with van der Waals surface area (Å²) in [4.78, 5) is 8.64. The van der Waals surface area contributed by atoms with Crippen molar-refractivity contribution < 1.29 is 32.7 Å². The molecule has 7 aromatic rings. The zero-order valence-corrected chi connectivity index (χ0v) is 27.7. The number of benzene rings is 4. The van der Waals surface area contributed by atoms with Gasteiger partial charge in [-0.1, -0.05) is 62.7 Å². The standard InChI is InChI=1S/C26H22NS.C13H11FN.Ir/c1-26(2,3)16-17-9-11-20-19(15-17)10-12-21-22-13-14-27-23(25(22)28-24(20)21)18-7-5-4-6-8-18;1-9-7-13(15-8-10(9)2)11-3-5-12(14)6-4-11;/h4-7,9-15H,16H2,1-3H3;3,5-8H,1-2H3;/q2*-1;/i;1D3,2D3;. The van der Waals surface area contributed by atoms with Gasteiger partial charge in [-0.05, 0) is 64.6 Å². The van der Waals surface area contributed by atoms with E-state index in [1.54, 1.807) is 0 Å². The first kappa shape index (κ1) is 24.5. The van der Waals surface area contributed by atoms with Gasteiger partial charge >= 0.3 is 0 Å². The second-order valence-electron chi connectivity index (χ2n) is 11.7. The Hall–Kier alpha value is -3.76. The molecule has 0 bridgehead atoms. The van der Waals surface area contributed by atoms with Crippen LogP contribution in [0.3, 0.4) is 0 Å². The van der Waals surface area contributed by atoms with Gasteiger partial charge in [-0.25, -0.2) is 0 Å². The molecule has 4 aromatic carbocycles. The number of aryl methyl sites for hydroxylation is 2. The fourth-order valence-corrected chi connectivity index (χ4v) is 6.50. The van der Waals surface area contributed by atoms with Crippen molar-refractivity contribution in [1.82, 2.24) is 9.97 Å². The van der Waals surface area contributed by atoms with Gasteiger partial charge in [0, 0.05) is 67.0 Å². The molecule has 0 atom stereocenters. The number of hydrogen-bond donors (Lipinski definition) is 0. The van der Waals surface area contributed by atoms with E-state index in [2.05, 4.69) is 85.3 Å². The van der Waals surface area contributed by atoms with E-state index in [1.165, 1.54) is 54.7 Å². The van der Waals surface area contributed by atoms with Gasteiger partial charge in [0.2, 0.25) is 0 Å². The summed E-state index contributed by atoms with van der Waals surface area (Å²) in [5, 5.41) is 5.25. The Kier molecular flexibility index (Phi) is 7.30. The van der Waals surface area contributed by atoms with Gasteiger partial charge in [0.05, 0.1) is 0 Å². The molecular weight excluding hydrogens is 740 g/mol. The monoisotopic (exact) mass is 779 g/mol. The van der Waals surface area contributed by atoms with Crippen molar-refractivity contribution in [3.63, 3.8) is 0 Å². The molecule has 223 valence electrons. The maximum atomic E-state index is 12.9. The number of halogens is 1. The number of pyridine rings is 2. The summed E-state index contributed by atoms with van der Waals surface area (Å²) < 4.78 is 60.0. The first-order valence-electron chi connectivity index (χ1n) is 17.0. The molecule has 0 aliphatic carbocycles. The second kappa shape index (κ2) is 13.1. The number of aromatic nitrogens is 2. The molecule has 0 N–H and O–H groups in total. The first-order chi connectivity index (χ1) is 23.1. The smallest absolute Gasteiger partial charge is 0.0425 e. The van der Waals surface area contributed by atoms with Gasteiger partial charge in [0.1, 0.15) is 0 Å². The van der Waals surface area contributed by atoms with Crippen molar-refractivity contribution in [3.8, 4) is 22.5 Å². The summed E-state index contributed by atoms with van der Waals surface area (Å²) in [5.41, 5.74) is 3.80. The second-order valence-corrected chi connectivity index (χ2v) is 12.7. The van der Waals surface area contributed by atoms with Gasteiger partial charge < -0.3 is 9.97 Å². The quantitative estimate of drug-likeness (QED) is 0.167. The van der Waals surface area contributed by atoms with Gasteiger partial charge in [0.15, 0.2) is 0 Å². The number of rotatable bonds is 3. The fourth-order valence-electron chi connectivity index (χ4n) is 5.16. The molecule has 3 heterocycles. The third-order valence-corrected chi connectivity index (χ3v) is 8.35. The Morgan fingerprint density at radius 2 is 1.64 bits per heavy atom. The normalized spacial score (nSPS) is 13.9. The van der Waals surface area contributed by atoms with Crippen molar-refractivity contribution in [2.24, 2.45) is 5.41 Å². The zero-order valence-electron chi connectivity index (χ0n) is 30.5. The van der Waals surface area contributed by atoms with E-state index in [4.69, 9.17) is 8.22 Å². The number of thiophene rings is 1. The van der Waals surface area contributed by atoms with Crippen LogP contribution in [0.25, 0.3) is 53.5 Å². The van der Waals surface area contributed by atoms with Crippen LogP contribution >= 0.6 is 11.3 Å². The molecule has 0 saturated heterocycles. The molecule has 1 radical (unpaired) electrons. The molecule has 0 aliphatic rings.